The molecule has 2 atom stereocenters. The first-order chi connectivity index (χ1) is 13.0. The molecule has 27 heavy (non-hydrogen) atoms. The molecule has 0 aliphatic carbocycles. The van der Waals surface area contributed by atoms with Crippen molar-refractivity contribution in [3.63, 3.8) is 0 Å². The molecule has 0 saturated carbocycles. The number of halogens is 1. The second-order valence-electron chi connectivity index (χ2n) is 6.79. The zero-order valence-electron chi connectivity index (χ0n) is 15.1. The summed E-state index contributed by atoms with van der Waals surface area (Å²) in [5.41, 5.74) is 3.82. The van der Waals surface area contributed by atoms with Gasteiger partial charge in [-0.2, -0.15) is 0 Å². The van der Waals surface area contributed by atoms with Gasteiger partial charge in [0.2, 0.25) is 0 Å². The first-order valence-corrected chi connectivity index (χ1v) is 8.76. The molecule has 0 bridgehead atoms. The number of H-pyrrole nitrogens is 1. The van der Waals surface area contributed by atoms with Gasteiger partial charge >= 0.3 is 0 Å². The molecule has 0 saturated heterocycles. The van der Waals surface area contributed by atoms with Crippen LogP contribution in [0.15, 0.2) is 42.5 Å². The van der Waals surface area contributed by atoms with Crippen LogP contribution in [0.25, 0.3) is 10.9 Å². The molecule has 1 aromatic heterocycles. The van der Waals surface area contributed by atoms with E-state index in [-0.39, 0.29) is 17.8 Å². The molecule has 3 aromatic rings. The summed E-state index contributed by atoms with van der Waals surface area (Å²) >= 11 is 0. The Kier molecular flexibility index (Phi) is 4.12. The van der Waals surface area contributed by atoms with E-state index in [0.29, 0.717) is 6.42 Å². The number of terminal acetylenes is 1. The summed E-state index contributed by atoms with van der Waals surface area (Å²) in [6, 6.07) is 11.6. The zero-order valence-corrected chi connectivity index (χ0v) is 15.1. The number of nitrogens with one attached hydrogen (secondary N) is 1. The lowest BCUT2D eigenvalue weighted by molar-refractivity contribution is -0.129. The maximum absolute atomic E-state index is 13.5. The van der Waals surface area contributed by atoms with Crippen molar-refractivity contribution in [2.45, 2.75) is 25.4 Å². The van der Waals surface area contributed by atoms with Crippen molar-refractivity contribution < 1.29 is 13.9 Å². The second-order valence-corrected chi connectivity index (χ2v) is 6.79. The molecule has 1 N–H and O–H groups in total. The summed E-state index contributed by atoms with van der Waals surface area (Å²) in [6.45, 7) is 1.98. The Bertz CT molecular complexity index is 1060. The van der Waals surface area contributed by atoms with Gasteiger partial charge in [0.1, 0.15) is 11.6 Å². The van der Waals surface area contributed by atoms with Gasteiger partial charge in [-0.15, -0.1) is 6.42 Å². The van der Waals surface area contributed by atoms with Gasteiger partial charge in [-0.05, 0) is 60.7 Å². The summed E-state index contributed by atoms with van der Waals surface area (Å²) in [5, 5.41) is 1.07. The highest BCUT2D eigenvalue weighted by molar-refractivity contribution is 5.95. The molecule has 2 heterocycles. The van der Waals surface area contributed by atoms with Crippen molar-refractivity contribution in [1.82, 2.24) is 9.88 Å². The van der Waals surface area contributed by atoms with Crippen molar-refractivity contribution >= 4 is 16.8 Å². The lowest BCUT2D eigenvalue weighted by atomic mass is 9.88. The summed E-state index contributed by atoms with van der Waals surface area (Å²) in [6.07, 6.45) is 6.11. The maximum Gasteiger partial charge on any atom is 0.299 e. The highest BCUT2D eigenvalue weighted by atomic mass is 19.1. The molecule has 4 nitrogen and oxygen atoms in total. The van der Waals surface area contributed by atoms with E-state index in [9.17, 15) is 9.18 Å². The largest absolute Gasteiger partial charge is 0.497 e. The van der Waals surface area contributed by atoms with Crippen LogP contribution in [-0.4, -0.2) is 28.9 Å². The number of aromatic nitrogens is 1. The number of hydrogen-bond donors (Lipinski definition) is 1. The number of benzene rings is 2. The van der Waals surface area contributed by atoms with Crippen molar-refractivity contribution in [3.05, 3.63) is 65.1 Å². The molecule has 4 rings (SSSR count). The minimum absolute atomic E-state index is 0.0960. The normalized spacial score (nSPS) is 18.8. The summed E-state index contributed by atoms with van der Waals surface area (Å²) < 4.78 is 18.8. The molecular weight excluding hydrogens is 343 g/mol. The van der Waals surface area contributed by atoms with Crippen molar-refractivity contribution in [2.75, 3.05) is 7.11 Å². The Morgan fingerprint density at radius 2 is 2.04 bits per heavy atom. The molecule has 0 fully saturated rings. The zero-order chi connectivity index (χ0) is 19.1. The molecule has 1 aliphatic rings. The number of carbonyl (C=O) groups excluding carboxylic acids is 1. The van der Waals surface area contributed by atoms with Crippen LogP contribution in [0, 0.1) is 18.2 Å². The van der Waals surface area contributed by atoms with Gasteiger partial charge in [-0.1, -0.05) is 12.1 Å². The molecule has 136 valence electrons. The van der Waals surface area contributed by atoms with E-state index in [1.807, 2.05) is 25.1 Å². The molecule has 1 amide bonds. The van der Waals surface area contributed by atoms with E-state index in [1.165, 1.54) is 12.1 Å². The second kappa shape index (κ2) is 6.48. The van der Waals surface area contributed by atoms with E-state index < -0.39 is 6.04 Å². The molecular formula is C22H19FN2O2. The first-order valence-electron chi connectivity index (χ1n) is 8.76. The Hall–Kier alpha value is -3.26. The van der Waals surface area contributed by atoms with Gasteiger partial charge in [0.15, 0.2) is 0 Å². The van der Waals surface area contributed by atoms with Crippen molar-refractivity contribution in [1.29, 1.82) is 0 Å². The number of hydrogen-bond acceptors (Lipinski definition) is 2. The van der Waals surface area contributed by atoms with Gasteiger partial charge < -0.3 is 14.6 Å². The fraction of sp³-hybridized carbons (Fsp3) is 0.227. The predicted molar refractivity (Wildman–Crippen MR) is 102 cm³/mol. The first kappa shape index (κ1) is 17.2. The predicted octanol–water partition coefficient (Wildman–Crippen LogP) is 3.81. The number of ether oxygens (including phenoxy) is 1. The van der Waals surface area contributed by atoms with E-state index in [2.05, 4.69) is 10.9 Å². The average Bonchev–Trinajstić information content (AvgIpc) is 3.04. The van der Waals surface area contributed by atoms with Crippen LogP contribution in [0.5, 0.6) is 5.75 Å². The smallest absolute Gasteiger partial charge is 0.299 e. The topological polar surface area (TPSA) is 45.3 Å². The van der Waals surface area contributed by atoms with Crippen molar-refractivity contribution in [2.24, 2.45) is 0 Å². The minimum atomic E-state index is -0.397. The van der Waals surface area contributed by atoms with Crippen LogP contribution >= 0.6 is 0 Å². The lowest BCUT2D eigenvalue weighted by Crippen LogP contribution is -2.45. The highest BCUT2D eigenvalue weighted by Crippen LogP contribution is 2.41. The van der Waals surface area contributed by atoms with Crippen LogP contribution in [0.1, 0.15) is 29.8 Å². The average molecular weight is 362 g/mol. The number of methoxy groups -OCH3 is 1. The summed E-state index contributed by atoms with van der Waals surface area (Å²) in [4.78, 5) is 17.7. The number of amides is 1. The van der Waals surface area contributed by atoms with Gasteiger partial charge in [-0.25, -0.2) is 4.39 Å². The van der Waals surface area contributed by atoms with E-state index in [1.54, 1.807) is 24.1 Å². The van der Waals surface area contributed by atoms with E-state index in [4.69, 9.17) is 11.2 Å². The number of nitrogens with zero attached hydrogens (tertiary/aromatic N) is 1. The van der Waals surface area contributed by atoms with Crippen LogP contribution in [0.2, 0.25) is 0 Å². The Morgan fingerprint density at radius 3 is 2.70 bits per heavy atom. The summed E-state index contributed by atoms with van der Waals surface area (Å²) in [5.74, 6) is 2.32. The minimum Gasteiger partial charge on any atom is -0.497 e. The fourth-order valence-corrected chi connectivity index (χ4v) is 3.98. The third-order valence-electron chi connectivity index (χ3n) is 5.22. The molecule has 1 aliphatic heterocycles. The van der Waals surface area contributed by atoms with Crippen LogP contribution in [0.4, 0.5) is 4.39 Å². The molecule has 5 heteroatoms. The van der Waals surface area contributed by atoms with E-state index >= 15 is 0 Å². The van der Waals surface area contributed by atoms with Gasteiger partial charge in [0, 0.05) is 22.6 Å². The fourth-order valence-electron chi connectivity index (χ4n) is 3.98. The molecule has 2 aromatic carbocycles. The van der Waals surface area contributed by atoms with Gasteiger partial charge in [-0.3, -0.25) is 4.79 Å². The van der Waals surface area contributed by atoms with Crippen LogP contribution < -0.4 is 4.74 Å². The standard InChI is InChI=1S/C22H19FN2O2/c1-4-20(26)25-13(2)11-18-17-12-16(27-3)9-10-19(17)24-21(18)22(25)14-5-7-15(23)8-6-14/h1,5-10,12-13,22,24H,11H2,2-3H3/t13-,22?/m0/s1. The maximum atomic E-state index is 13.5. The number of fused-ring (bicyclic) bond motifs is 3. The highest BCUT2D eigenvalue weighted by Gasteiger charge is 2.38. The molecule has 1 unspecified atom stereocenters. The SMILES string of the molecule is C#CC(=O)N1C(c2ccc(F)cc2)c2[nH]c3ccc(OC)cc3c2C[C@@H]1C. The quantitative estimate of drug-likeness (QED) is 0.705. The molecule has 0 spiro atoms. The molecule has 0 radical (unpaired) electrons. The van der Waals surface area contributed by atoms with E-state index in [0.717, 1.165) is 33.5 Å². The summed E-state index contributed by atoms with van der Waals surface area (Å²) in [7, 11) is 1.64. The Labute approximate surface area is 156 Å². The lowest BCUT2D eigenvalue weighted by Gasteiger charge is -2.39. The third-order valence-corrected chi connectivity index (χ3v) is 5.22. The van der Waals surface area contributed by atoms with Gasteiger partial charge in [0.05, 0.1) is 13.2 Å². The van der Waals surface area contributed by atoms with Crippen molar-refractivity contribution in [3.8, 4) is 18.1 Å². The Morgan fingerprint density at radius 1 is 1.30 bits per heavy atom. The monoisotopic (exact) mass is 362 g/mol. The third kappa shape index (κ3) is 2.74. The van der Waals surface area contributed by atoms with Gasteiger partial charge in [0.25, 0.3) is 5.91 Å². The number of rotatable bonds is 2. The Balaban J connectivity index is 1.96. The van der Waals surface area contributed by atoms with Crippen LogP contribution in [-0.2, 0) is 11.2 Å². The number of aromatic amines is 1. The number of carbonyl (C=O) groups is 1. The van der Waals surface area contributed by atoms with Crippen LogP contribution in [0.3, 0.4) is 0 Å².